The van der Waals surface area contributed by atoms with E-state index in [9.17, 15) is 9.59 Å². The van der Waals surface area contributed by atoms with Gasteiger partial charge in [-0.25, -0.2) is 0 Å². The van der Waals surface area contributed by atoms with Crippen molar-refractivity contribution in [3.05, 3.63) is 29.8 Å². The Balaban J connectivity index is 1.64. The lowest BCUT2D eigenvalue weighted by atomic mass is 10.1. The van der Waals surface area contributed by atoms with Crippen molar-refractivity contribution in [1.82, 2.24) is 4.90 Å². The number of hydrogen-bond donors (Lipinski definition) is 1. The van der Waals surface area contributed by atoms with Crippen LogP contribution in [0.5, 0.6) is 0 Å². The van der Waals surface area contributed by atoms with Gasteiger partial charge in [-0.1, -0.05) is 12.1 Å². The van der Waals surface area contributed by atoms with Gasteiger partial charge in [-0.3, -0.25) is 9.59 Å². The molecule has 1 atom stereocenters. The second-order valence-electron chi connectivity index (χ2n) is 5.52. The second-order valence-corrected chi connectivity index (χ2v) is 8.25. The van der Waals surface area contributed by atoms with Crippen LogP contribution in [0.1, 0.15) is 23.5 Å². The minimum Gasteiger partial charge on any atom is -0.342 e. The summed E-state index contributed by atoms with van der Waals surface area (Å²) in [5.41, 5.74) is 2.08. The van der Waals surface area contributed by atoms with E-state index in [0.29, 0.717) is 24.1 Å². The molecule has 0 spiro atoms. The Morgan fingerprint density at radius 1 is 1.36 bits per heavy atom. The Bertz CT molecular complexity index is 573. The van der Waals surface area contributed by atoms with Crippen LogP contribution >= 0.6 is 23.5 Å². The summed E-state index contributed by atoms with van der Waals surface area (Å²) in [7, 11) is 0. The summed E-state index contributed by atoms with van der Waals surface area (Å²) in [6, 6.07) is 8.08. The summed E-state index contributed by atoms with van der Waals surface area (Å²) in [5.74, 6) is 2.17. The second kappa shape index (κ2) is 6.96. The molecule has 1 aromatic rings. The Hall–Kier alpha value is -1.14. The third-order valence-corrected chi connectivity index (χ3v) is 7.12. The number of benzene rings is 1. The molecular weight excluding hydrogens is 316 g/mol. The monoisotopic (exact) mass is 336 g/mol. The van der Waals surface area contributed by atoms with Crippen molar-refractivity contribution < 1.29 is 9.59 Å². The van der Waals surface area contributed by atoms with Gasteiger partial charge in [-0.15, -0.1) is 23.5 Å². The van der Waals surface area contributed by atoms with E-state index in [-0.39, 0.29) is 17.7 Å². The molecule has 3 rings (SSSR count). The highest BCUT2D eigenvalue weighted by Crippen LogP contribution is 2.45. The lowest BCUT2D eigenvalue weighted by Gasteiger charge is -2.14. The van der Waals surface area contributed by atoms with E-state index in [0.717, 1.165) is 5.69 Å². The molecule has 0 saturated carbocycles. The molecule has 4 nitrogen and oxygen atoms in total. The molecule has 22 heavy (non-hydrogen) atoms. The maximum Gasteiger partial charge on any atom is 0.229 e. The number of rotatable bonds is 4. The lowest BCUT2D eigenvalue weighted by Crippen LogP contribution is -2.28. The summed E-state index contributed by atoms with van der Waals surface area (Å²) in [4.78, 5) is 25.8. The highest BCUT2D eigenvalue weighted by Gasteiger charge is 2.33. The van der Waals surface area contributed by atoms with Crippen LogP contribution in [0.15, 0.2) is 24.3 Å². The molecule has 2 fully saturated rings. The number of anilines is 1. The number of likely N-dealkylation sites (tertiary alicyclic amines) is 1. The Morgan fingerprint density at radius 2 is 2.14 bits per heavy atom. The number of hydrogen-bond acceptors (Lipinski definition) is 4. The summed E-state index contributed by atoms with van der Waals surface area (Å²) in [6.45, 7) is 3.15. The zero-order valence-corrected chi connectivity index (χ0v) is 14.2. The Kier molecular flexibility index (Phi) is 4.98. The predicted molar refractivity (Wildman–Crippen MR) is 93.1 cm³/mol. The lowest BCUT2D eigenvalue weighted by molar-refractivity contribution is -0.128. The van der Waals surface area contributed by atoms with Gasteiger partial charge in [-0.2, -0.15) is 0 Å². The molecular formula is C16H20N2O2S2. The van der Waals surface area contributed by atoms with E-state index >= 15 is 0 Å². The van der Waals surface area contributed by atoms with Gasteiger partial charge < -0.3 is 10.2 Å². The predicted octanol–water partition coefficient (Wildman–Crippen LogP) is 2.97. The largest absolute Gasteiger partial charge is 0.342 e. The number of nitrogens with one attached hydrogen (secondary N) is 1. The zero-order valence-electron chi connectivity index (χ0n) is 12.6. The maximum atomic E-state index is 12.4. The van der Waals surface area contributed by atoms with Crippen molar-refractivity contribution in [1.29, 1.82) is 0 Å². The van der Waals surface area contributed by atoms with E-state index in [1.807, 2.05) is 42.6 Å². The molecule has 2 heterocycles. The van der Waals surface area contributed by atoms with Crippen LogP contribution in [-0.2, 0) is 9.59 Å². The molecule has 1 N–H and O–H groups in total. The summed E-state index contributed by atoms with van der Waals surface area (Å²) < 4.78 is 0.473. The molecule has 2 aliphatic rings. The Labute approximate surface area is 139 Å². The van der Waals surface area contributed by atoms with Gasteiger partial charge in [0.2, 0.25) is 11.8 Å². The highest BCUT2D eigenvalue weighted by molar-refractivity contribution is 8.19. The van der Waals surface area contributed by atoms with E-state index in [1.54, 1.807) is 4.90 Å². The number of amides is 2. The van der Waals surface area contributed by atoms with Gasteiger partial charge in [0.05, 0.1) is 10.5 Å². The average molecular weight is 336 g/mol. The van der Waals surface area contributed by atoms with Crippen molar-refractivity contribution in [3.63, 3.8) is 0 Å². The molecule has 6 heteroatoms. The van der Waals surface area contributed by atoms with Crippen molar-refractivity contribution in [2.45, 2.75) is 17.9 Å². The molecule has 2 saturated heterocycles. The fourth-order valence-electron chi connectivity index (χ4n) is 2.81. The fraction of sp³-hybridized carbons (Fsp3) is 0.500. The average Bonchev–Trinajstić information content (AvgIpc) is 3.16. The molecule has 118 valence electrons. The van der Waals surface area contributed by atoms with Gasteiger partial charge in [0.1, 0.15) is 0 Å². The van der Waals surface area contributed by atoms with Crippen LogP contribution in [0.4, 0.5) is 5.69 Å². The van der Waals surface area contributed by atoms with Crippen LogP contribution in [0, 0.1) is 5.92 Å². The normalized spacial score (nSPS) is 22.3. The number of thioether (sulfide) groups is 2. The van der Waals surface area contributed by atoms with Crippen molar-refractivity contribution >= 4 is 41.0 Å². The molecule has 0 bridgehead atoms. The molecule has 1 aromatic carbocycles. The van der Waals surface area contributed by atoms with E-state index in [4.69, 9.17) is 0 Å². The maximum absolute atomic E-state index is 12.4. The number of carbonyl (C=O) groups is 2. The van der Waals surface area contributed by atoms with E-state index in [2.05, 4.69) is 17.4 Å². The molecule has 2 amide bonds. The first-order valence-corrected chi connectivity index (χ1v) is 9.69. The van der Waals surface area contributed by atoms with Crippen LogP contribution in [0.3, 0.4) is 0 Å². The third kappa shape index (κ3) is 3.43. The van der Waals surface area contributed by atoms with Crippen molar-refractivity contribution in [3.8, 4) is 0 Å². The van der Waals surface area contributed by atoms with Crippen molar-refractivity contribution in [2.24, 2.45) is 5.92 Å². The van der Waals surface area contributed by atoms with E-state index < -0.39 is 0 Å². The first-order chi connectivity index (χ1) is 10.7. The van der Waals surface area contributed by atoms with Crippen LogP contribution in [0.25, 0.3) is 0 Å². The molecule has 1 unspecified atom stereocenters. The van der Waals surface area contributed by atoms with E-state index in [1.165, 1.54) is 17.1 Å². The van der Waals surface area contributed by atoms with Crippen LogP contribution in [-0.4, -0.2) is 41.3 Å². The summed E-state index contributed by atoms with van der Waals surface area (Å²) in [5, 5.41) is 2.98. The van der Waals surface area contributed by atoms with Crippen LogP contribution in [0.2, 0.25) is 0 Å². The minimum absolute atomic E-state index is 0.0480. The smallest absolute Gasteiger partial charge is 0.229 e. The topological polar surface area (TPSA) is 49.4 Å². The van der Waals surface area contributed by atoms with Gasteiger partial charge in [0.15, 0.2) is 0 Å². The fourth-order valence-corrected chi connectivity index (χ4v) is 5.65. The molecule has 0 radical (unpaired) electrons. The third-order valence-electron chi connectivity index (χ3n) is 4.02. The van der Waals surface area contributed by atoms with Crippen LogP contribution < -0.4 is 5.32 Å². The van der Waals surface area contributed by atoms with Gasteiger partial charge in [0, 0.05) is 36.7 Å². The van der Waals surface area contributed by atoms with Gasteiger partial charge in [-0.05, 0) is 24.6 Å². The number of nitrogens with zero attached hydrogens (tertiary/aromatic N) is 1. The summed E-state index contributed by atoms with van der Waals surface area (Å²) >= 11 is 3.90. The Morgan fingerprint density at radius 3 is 2.82 bits per heavy atom. The molecule has 2 aliphatic heterocycles. The minimum atomic E-state index is -0.230. The SMILES string of the molecule is CCN1CC(C(=O)Nc2cccc(C3SCCS3)c2)CC1=O. The van der Waals surface area contributed by atoms with Crippen molar-refractivity contribution in [2.75, 3.05) is 29.9 Å². The molecule has 0 aromatic heterocycles. The molecule has 0 aliphatic carbocycles. The van der Waals surface area contributed by atoms with Gasteiger partial charge >= 0.3 is 0 Å². The first-order valence-electron chi connectivity index (χ1n) is 7.59. The zero-order chi connectivity index (χ0) is 15.5. The standard InChI is InChI=1S/C16H20N2O2S2/c1-2-18-10-12(9-14(18)19)15(20)17-13-5-3-4-11(8-13)16-21-6-7-22-16/h3-5,8,12,16H,2,6-7,9-10H2,1H3,(H,17,20). The van der Waals surface area contributed by atoms with Gasteiger partial charge in [0.25, 0.3) is 0 Å². The summed E-state index contributed by atoms with van der Waals surface area (Å²) in [6.07, 6.45) is 0.327. The first kappa shape index (κ1) is 15.7. The number of carbonyl (C=O) groups excluding carboxylic acids is 2. The quantitative estimate of drug-likeness (QED) is 0.918. The highest BCUT2D eigenvalue weighted by atomic mass is 32.2.